The van der Waals surface area contributed by atoms with Gasteiger partial charge in [-0.3, -0.25) is 0 Å². The lowest BCUT2D eigenvalue weighted by molar-refractivity contribution is 0.464. The molecule has 0 radical (unpaired) electrons. The molecule has 0 N–H and O–H groups in total. The molecule has 5 aromatic carbocycles. The third-order valence-corrected chi connectivity index (χ3v) is 10.5. The van der Waals surface area contributed by atoms with E-state index in [4.69, 9.17) is 0 Å². The van der Waals surface area contributed by atoms with Crippen LogP contribution < -0.4 is 4.90 Å². The Morgan fingerprint density at radius 3 is 2.02 bits per heavy atom. The summed E-state index contributed by atoms with van der Waals surface area (Å²) in [5, 5.41) is 28.1. The Kier molecular flexibility index (Phi) is 8.63. The van der Waals surface area contributed by atoms with E-state index >= 15 is 0 Å². The van der Waals surface area contributed by atoms with Gasteiger partial charge in [-0.25, -0.2) is 0 Å². The lowest BCUT2D eigenvalue weighted by Gasteiger charge is -2.33. The number of nitrogens with zero attached hydrogens (tertiary/aromatic N) is 5. The van der Waals surface area contributed by atoms with Crippen molar-refractivity contribution in [2.45, 2.75) is 39.8 Å². The number of rotatable bonds is 7. The minimum absolute atomic E-state index is 0.325. The molecule has 2 aromatic heterocycles. The van der Waals surface area contributed by atoms with Crippen molar-refractivity contribution in [3.63, 3.8) is 0 Å². The maximum atomic E-state index is 10.9. The molecule has 0 amide bonds. The number of anilines is 1. The van der Waals surface area contributed by atoms with Gasteiger partial charge in [-0.05, 0) is 93.1 Å². The summed E-state index contributed by atoms with van der Waals surface area (Å²) in [6.45, 7) is 8.29. The van der Waals surface area contributed by atoms with Crippen LogP contribution >= 0.6 is 0 Å². The summed E-state index contributed by atoms with van der Waals surface area (Å²) in [4.78, 5) is 2.30. The first-order valence-corrected chi connectivity index (χ1v) is 18.1. The molecule has 5 heteroatoms. The minimum atomic E-state index is -0.485. The van der Waals surface area contributed by atoms with Crippen LogP contribution in [0.3, 0.4) is 0 Å². The molecule has 5 nitrogen and oxygen atoms in total. The summed E-state index contributed by atoms with van der Waals surface area (Å²) in [5.74, 6) is 0. The second-order valence-electron chi connectivity index (χ2n) is 13.4. The quantitative estimate of drug-likeness (QED) is 0.157. The lowest BCUT2D eigenvalue weighted by atomic mass is 9.89. The van der Waals surface area contributed by atoms with E-state index < -0.39 is 6.04 Å². The number of para-hydroxylation sites is 2. The lowest BCUT2D eigenvalue weighted by Crippen LogP contribution is -2.26. The van der Waals surface area contributed by atoms with Gasteiger partial charge in [0.05, 0.1) is 34.8 Å². The number of nitriles is 2. The highest BCUT2D eigenvalue weighted by molar-refractivity contribution is 6.21. The van der Waals surface area contributed by atoms with Crippen LogP contribution in [0.25, 0.3) is 54.4 Å². The van der Waals surface area contributed by atoms with E-state index in [1.165, 1.54) is 5.39 Å². The highest BCUT2D eigenvalue weighted by Crippen LogP contribution is 2.47. The van der Waals surface area contributed by atoms with E-state index in [-0.39, 0.29) is 6.04 Å². The first-order chi connectivity index (χ1) is 26.0. The predicted octanol–water partition coefficient (Wildman–Crippen LogP) is 12.5. The number of aromatic nitrogens is 2. The average molecular weight is 686 g/mol. The Morgan fingerprint density at radius 2 is 1.36 bits per heavy atom. The van der Waals surface area contributed by atoms with Crippen molar-refractivity contribution in [1.29, 1.82) is 10.5 Å². The van der Waals surface area contributed by atoms with E-state index in [9.17, 15) is 10.5 Å². The average Bonchev–Trinajstić information content (AvgIpc) is 3.71. The van der Waals surface area contributed by atoms with Crippen LogP contribution in [0.2, 0.25) is 0 Å². The Bertz CT molecular complexity index is 2820. The second kappa shape index (κ2) is 13.7. The third-order valence-electron chi connectivity index (χ3n) is 10.5. The van der Waals surface area contributed by atoms with E-state index in [0.29, 0.717) is 11.1 Å². The molecule has 8 rings (SSSR count). The van der Waals surface area contributed by atoms with Crippen LogP contribution in [-0.2, 0) is 0 Å². The van der Waals surface area contributed by atoms with Crippen LogP contribution in [0.4, 0.5) is 5.69 Å². The van der Waals surface area contributed by atoms with Gasteiger partial charge in [0.1, 0.15) is 6.07 Å². The smallest absolute Gasteiger partial charge is 0.100 e. The van der Waals surface area contributed by atoms with E-state index in [0.717, 1.165) is 66.1 Å². The molecule has 0 fully saturated rings. The summed E-state index contributed by atoms with van der Waals surface area (Å²) < 4.78 is 4.68. The molecule has 0 spiro atoms. The molecule has 7 aromatic rings. The number of benzene rings is 5. The van der Waals surface area contributed by atoms with Crippen LogP contribution in [0.15, 0.2) is 174 Å². The Balaban J connectivity index is 1.47. The summed E-state index contributed by atoms with van der Waals surface area (Å²) in [5.41, 5.74) is 8.26. The van der Waals surface area contributed by atoms with Crippen molar-refractivity contribution >= 4 is 60.1 Å². The molecule has 256 valence electrons. The van der Waals surface area contributed by atoms with Crippen molar-refractivity contribution < 1.29 is 0 Å². The summed E-state index contributed by atoms with van der Waals surface area (Å²) >= 11 is 0. The SMILES string of the molecule is C/C=C\C=C(/C)N(C(/C=C\C)=C/C)c1ccc2c(c1)c1c3ccccc3ccc1n2C1C=CC(C#N)=C(C#N)C1n1c2ccccc2c2ccccc21. The predicted molar refractivity (Wildman–Crippen MR) is 221 cm³/mol. The summed E-state index contributed by atoms with van der Waals surface area (Å²) in [6.07, 6.45) is 16.6. The Hall–Kier alpha value is -6.82. The van der Waals surface area contributed by atoms with Crippen LogP contribution in [-0.4, -0.2) is 9.13 Å². The zero-order valence-corrected chi connectivity index (χ0v) is 30.3. The van der Waals surface area contributed by atoms with Gasteiger partial charge in [-0.2, -0.15) is 10.5 Å². The zero-order chi connectivity index (χ0) is 36.6. The van der Waals surface area contributed by atoms with Gasteiger partial charge in [0.2, 0.25) is 0 Å². The number of fused-ring (bicyclic) bond motifs is 8. The fraction of sp³-hybridized carbons (Fsp3) is 0.125. The number of allylic oxidation sites excluding steroid dienone is 11. The third kappa shape index (κ3) is 5.29. The highest BCUT2D eigenvalue weighted by Gasteiger charge is 2.36. The second-order valence-corrected chi connectivity index (χ2v) is 13.4. The number of hydrogen-bond acceptors (Lipinski definition) is 3. The highest BCUT2D eigenvalue weighted by atomic mass is 15.2. The van der Waals surface area contributed by atoms with Crippen molar-refractivity contribution in [1.82, 2.24) is 9.13 Å². The van der Waals surface area contributed by atoms with Gasteiger partial charge in [0.15, 0.2) is 0 Å². The fourth-order valence-corrected chi connectivity index (χ4v) is 8.31. The molecule has 0 saturated carbocycles. The van der Waals surface area contributed by atoms with Crippen molar-refractivity contribution in [2.75, 3.05) is 4.90 Å². The van der Waals surface area contributed by atoms with E-state index in [1.54, 1.807) is 0 Å². The van der Waals surface area contributed by atoms with Gasteiger partial charge >= 0.3 is 0 Å². The molecule has 2 atom stereocenters. The number of hydrogen-bond donors (Lipinski definition) is 0. The van der Waals surface area contributed by atoms with Crippen LogP contribution in [0.5, 0.6) is 0 Å². The zero-order valence-electron chi connectivity index (χ0n) is 30.3. The maximum Gasteiger partial charge on any atom is 0.100 e. The van der Waals surface area contributed by atoms with Crippen LogP contribution in [0.1, 0.15) is 39.8 Å². The summed E-state index contributed by atoms with van der Waals surface area (Å²) in [7, 11) is 0. The monoisotopic (exact) mass is 685 g/mol. The molecule has 53 heavy (non-hydrogen) atoms. The molecule has 2 unspecified atom stereocenters. The molecule has 0 saturated heterocycles. The normalized spacial score (nSPS) is 16.9. The standard InChI is InChI=1S/C48H39N5/c1-5-8-16-32(4)51(35(7-3)15-6-2)36-25-28-44-40(29-36)47-37-18-10-9-17-33(37)23-26-45(47)52(44)46-27-24-34(30-49)41(31-50)48(46)53-42-21-13-11-19-38(42)39-20-12-14-22-43(39)53/h5-29,46,48H,1-4H3/b8-5-,15-6-,32-16+,35-7+. The first-order valence-electron chi connectivity index (χ1n) is 18.1. The molecule has 1 aliphatic rings. The van der Waals surface area contributed by atoms with Crippen molar-refractivity contribution in [2.24, 2.45) is 0 Å². The molecule has 0 aliphatic heterocycles. The maximum absolute atomic E-state index is 10.9. The van der Waals surface area contributed by atoms with Gasteiger partial charge in [0, 0.05) is 55.2 Å². The topological polar surface area (TPSA) is 60.7 Å². The van der Waals surface area contributed by atoms with Crippen molar-refractivity contribution in [3.8, 4) is 12.1 Å². The largest absolute Gasteiger partial charge is 0.331 e. The minimum Gasteiger partial charge on any atom is -0.331 e. The van der Waals surface area contributed by atoms with Gasteiger partial charge in [-0.15, -0.1) is 0 Å². The molecule has 1 aliphatic carbocycles. The van der Waals surface area contributed by atoms with E-state index in [2.05, 4.69) is 167 Å². The molecule has 0 bridgehead atoms. The van der Waals surface area contributed by atoms with E-state index in [1.807, 2.05) is 38.1 Å². The van der Waals surface area contributed by atoms with Gasteiger partial charge in [-0.1, -0.05) is 97.1 Å². The summed E-state index contributed by atoms with van der Waals surface area (Å²) in [6, 6.07) is 40.5. The van der Waals surface area contributed by atoms with Gasteiger partial charge in [0.25, 0.3) is 0 Å². The molecular formula is C48H39N5. The van der Waals surface area contributed by atoms with Gasteiger partial charge < -0.3 is 14.0 Å². The molecular weight excluding hydrogens is 647 g/mol. The Morgan fingerprint density at radius 1 is 0.698 bits per heavy atom. The van der Waals surface area contributed by atoms with Crippen molar-refractivity contribution in [3.05, 3.63) is 174 Å². The molecule has 2 heterocycles. The first kappa shape index (κ1) is 33.3. The van der Waals surface area contributed by atoms with Crippen LogP contribution in [0, 0.1) is 22.7 Å². The Labute approximate surface area is 309 Å². The fourth-order valence-electron chi connectivity index (χ4n) is 8.31.